The summed E-state index contributed by atoms with van der Waals surface area (Å²) in [6, 6.07) is 10.0. The molecular weight excluding hydrogens is 402 g/mol. The van der Waals surface area contributed by atoms with Gasteiger partial charge in [-0.25, -0.2) is 0 Å². The van der Waals surface area contributed by atoms with Gasteiger partial charge in [-0.05, 0) is 62.2 Å². The number of aromatic nitrogens is 1. The van der Waals surface area contributed by atoms with Crippen molar-refractivity contribution in [3.8, 4) is 11.5 Å². The molecule has 2 N–H and O–H groups in total. The van der Waals surface area contributed by atoms with E-state index in [0.29, 0.717) is 18.0 Å². The molecule has 0 unspecified atom stereocenters. The van der Waals surface area contributed by atoms with Gasteiger partial charge in [0.2, 0.25) is 0 Å². The van der Waals surface area contributed by atoms with Gasteiger partial charge in [-0.3, -0.25) is 4.98 Å². The van der Waals surface area contributed by atoms with E-state index in [1.165, 1.54) is 37.7 Å². The average molecular weight is 442 g/mol. The first-order valence-corrected chi connectivity index (χ1v) is 12.0. The molecule has 1 aromatic heterocycles. The number of methoxy groups -OCH3 is 1. The monoisotopic (exact) mass is 441 g/mol. The van der Waals surface area contributed by atoms with Crippen molar-refractivity contribution in [1.29, 1.82) is 0 Å². The van der Waals surface area contributed by atoms with Crippen LogP contribution in [0, 0.1) is 6.92 Å². The Morgan fingerprint density at radius 3 is 2.62 bits per heavy atom. The van der Waals surface area contributed by atoms with Crippen LogP contribution in [-0.4, -0.2) is 61.0 Å². The Morgan fingerprint density at radius 1 is 1.09 bits per heavy atom. The third-order valence-electron chi connectivity index (χ3n) is 6.06. The maximum Gasteiger partial charge on any atom is 0.161 e. The molecule has 32 heavy (non-hydrogen) atoms. The zero-order valence-electron chi connectivity index (χ0n) is 19.7. The van der Waals surface area contributed by atoms with Crippen molar-refractivity contribution in [2.45, 2.75) is 58.1 Å². The van der Waals surface area contributed by atoms with E-state index >= 15 is 0 Å². The Labute approximate surface area is 193 Å². The summed E-state index contributed by atoms with van der Waals surface area (Å²) in [6.07, 6.45) is 8.62. The Hall–Kier alpha value is -2.15. The summed E-state index contributed by atoms with van der Waals surface area (Å²) >= 11 is 0. The van der Waals surface area contributed by atoms with Crippen molar-refractivity contribution < 1.29 is 14.6 Å². The van der Waals surface area contributed by atoms with E-state index in [1.54, 1.807) is 7.11 Å². The first kappa shape index (κ1) is 24.5. The van der Waals surface area contributed by atoms with Gasteiger partial charge in [0.1, 0.15) is 12.7 Å². The number of ether oxygens (including phenoxy) is 2. The molecule has 0 bridgehead atoms. The largest absolute Gasteiger partial charge is 0.493 e. The van der Waals surface area contributed by atoms with Gasteiger partial charge in [0, 0.05) is 37.9 Å². The predicted octanol–water partition coefficient (Wildman–Crippen LogP) is 3.74. The summed E-state index contributed by atoms with van der Waals surface area (Å²) in [5, 5.41) is 13.9. The summed E-state index contributed by atoms with van der Waals surface area (Å²) in [4.78, 5) is 6.81. The van der Waals surface area contributed by atoms with Crippen LogP contribution in [0.15, 0.2) is 36.5 Å². The molecule has 0 saturated carbocycles. The number of benzene rings is 1. The SMILES string of the molecule is COc1cc(CNCCc2ncccc2C)ccc1OC[C@@H](O)CN1CCCCCCC1. The van der Waals surface area contributed by atoms with Crippen LogP contribution < -0.4 is 14.8 Å². The third kappa shape index (κ3) is 8.08. The molecule has 1 aliphatic heterocycles. The number of pyridine rings is 1. The van der Waals surface area contributed by atoms with Gasteiger partial charge < -0.3 is 24.8 Å². The van der Waals surface area contributed by atoms with E-state index in [9.17, 15) is 5.11 Å². The molecule has 1 saturated heterocycles. The van der Waals surface area contributed by atoms with Crippen LogP contribution in [0.5, 0.6) is 11.5 Å². The van der Waals surface area contributed by atoms with Crippen LogP contribution in [-0.2, 0) is 13.0 Å². The molecule has 0 aliphatic carbocycles. The molecule has 176 valence electrons. The minimum absolute atomic E-state index is 0.272. The van der Waals surface area contributed by atoms with Crippen molar-refractivity contribution in [3.63, 3.8) is 0 Å². The van der Waals surface area contributed by atoms with Crippen LogP contribution in [0.2, 0.25) is 0 Å². The topological polar surface area (TPSA) is 66.8 Å². The zero-order chi connectivity index (χ0) is 22.6. The fourth-order valence-electron chi connectivity index (χ4n) is 4.19. The van der Waals surface area contributed by atoms with Crippen molar-refractivity contribution in [2.24, 2.45) is 0 Å². The minimum Gasteiger partial charge on any atom is -0.493 e. The van der Waals surface area contributed by atoms with Gasteiger partial charge in [-0.15, -0.1) is 0 Å². The van der Waals surface area contributed by atoms with E-state index in [4.69, 9.17) is 9.47 Å². The van der Waals surface area contributed by atoms with E-state index < -0.39 is 6.10 Å². The number of nitrogens with one attached hydrogen (secondary N) is 1. The average Bonchev–Trinajstić information content (AvgIpc) is 2.78. The van der Waals surface area contributed by atoms with E-state index in [0.717, 1.165) is 43.9 Å². The molecule has 6 nitrogen and oxygen atoms in total. The van der Waals surface area contributed by atoms with Crippen LogP contribution in [0.4, 0.5) is 0 Å². The Bertz CT molecular complexity index is 807. The molecule has 6 heteroatoms. The molecule has 0 spiro atoms. The lowest BCUT2D eigenvalue weighted by Crippen LogP contribution is -2.37. The van der Waals surface area contributed by atoms with Crippen molar-refractivity contribution in [1.82, 2.24) is 15.2 Å². The second-order valence-corrected chi connectivity index (χ2v) is 8.71. The van der Waals surface area contributed by atoms with Gasteiger partial charge in [-0.1, -0.05) is 31.4 Å². The number of likely N-dealkylation sites (tertiary alicyclic amines) is 1. The van der Waals surface area contributed by atoms with Gasteiger partial charge in [-0.2, -0.15) is 0 Å². The number of β-amino-alcohol motifs (C(OH)–C–C–N with tert-alkyl or cyclic N) is 1. The summed E-state index contributed by atoms with van der Waals surface area (Å²) in [6.45, 7) is 6.79. The molecule has 2 aromatic rings. The Balaban J connectivity index is 1.43. The van der Waals surface area contributed by atoms with Crippen LogP contribution >= 0.6 is 0 Å². The normalized spacial score (nSPS) is 16.2. The summed E-state index contributed by atoms with van der Waals surface area (Å²) in [7, 11) is 1.65. The first-order valence-electron chi connectivity index (χ1n) is 12.0. The maximum atomic E-state index is 10.5. The van der Waals surface area contributed by atoms with Gasteiger partial charge >= 0.3 is 0 Å². The van der Waals surface area contributed by atoms with Gasteiger partial charge in [0.25, 0.3) is 0 Å². The van der Waals surface area contributed by atoms with E-state index in [2.05, 4.69) is 28.2 Å². The van der Waals surface area contributed by atoms with Crippen molar-refractivity contribution >= 4 is 0 Å². The fraction of sp³-hybridized carbons (Fsp3) is 0.577. The number of rotatable bonds is 11. The molecule has 3 rings (SSSR count). The molecule has 1 aromatic carbocycles. The van der Waals surface area contributed by atoms with E-state index in [1.807, 2.05) is 30.5 Å². The van der Waals surface area contributed by atoms with Crippen molar-refractivity contribution in [3.05, 3.63) is 53.3 Å². The fourth-order valence-corrected chi connectivity index (χ4v) is 4.19. The summed E-state index contributed by atoms with van der Waals surface area (Å²) in [5.41, 5.74) is 3.50. The highest BCUT2D eigenvalue weighted by molar-refractivity contribution is 5.43. The highest BCUT2D eigenvalue weighted by Crippen LogP contribution is 2.28. The lowest BCUT2D eigenvalue weighted by molar-refractivity contribution is 0.0645. The quantitative estimate of drug-likeness (QED) is 0.518. The second-order valence-electron chi connectivity index (χ2n) is 8.71. The zero-order valence-corrected chi connectivity index (χ0v) is 19.7. The lowest BCUT2D eigenvalue weighted by Gasteiger charge is -2.26. The van der Waals surface area contributed by atoms with Gasteiger partial charge in [0.15, 0.2) is 11.5 Å². The molecule has 1 aliphatic rings. The maximum absolute atomic E-state index is 10.5. The van der Waals surface area contributed by atoms with Crippen LogP contribution in [0.25, 0.3) is 0 Å². The highest BCUT2D eigenvalue weighted by Gasteiger charge is 2.15. The second kappa shape index (κ2) is 13.4. The molecule has 1 fully saturated rings. The summed E-state index contributed by atoms with van der Waals surface area (Å²) < 4.78 is 11.4. The number of hydrogen-bond donors (Lipinski definition) is 2. The number of hydrogen-bond acceptors (Lipinski definition) is 6. The lowest BCUT2D eigenvalue weighted by atomic mass is 10.1. The van der Waals surface area contributed by atoms with Gasteiger partial charge in [0.05, 0.1) is 7.11 Å². The van der Waals surface area contributed by atoms with Crippen LogP contribution in [0.1, 0.15) is 48.9 Å². The molecule has 0 amide bonds. The first-order chi connectivity index (χ1) is 15.7. The number of aryl methyl sites for hydroxylation is 1. The Morgan fingerprint density at radius 2 is 1.88 bits per heavy atom. The minimum atomic E-state index is -0.504. The predicted molar refractivity (Wildman–Crippen MR) is 128 cm³/mol. The molecule has 2 heterocycles. The molecule has 1 atom stereocenters. The number of nitrogens with zero attached hydrogens (tertiary/aromatic N) is 2. The Kier molecular flexibility index (Phi) is 10.3. The third-order valence-corrected chi connectivity index (χ3v) is 6.06. The van der Waals surface area contributed by atoms with E-state index in [-0.39, 0.29) is 6.61 Å². The molecule has 0 radical (unpaired) electrons. The smallest absolute Gasteiger partial charge is 0.161 e. The molecular formula is C26H39N3O3. The van der Waals surface area contributed by atoms with Crippen molar-refractivity contribution in [2.75, 3.05) is 39.9 Å². The number of aliphatic hydroxyl groups excluding tert-OH is 1. The summed E-state index contributed by atoms with van der Waals surface area (Å²) in [5.74, 6) is 1.37. The number of aliphatic hydroxyl groups is 1. The highest BCUT2D eigenvalue weighted by atomic mass is 16.5. The standard InChI is InChI=1S/C26H39N3O3/c1-21-9-8-13-28-24(21)12-14-27-18-22-10-11-25(26(17-22)31-2)32-20-23(30)19-29-15-6-4-3-5-7-16-29/h8-11,13,17,23,27,30H,3-7,12,14-16,18-20H2,1-2H3/t23-/m0/s1. The van der Waals surface area contributed by atoms with Crippen LogP contribution in [0.3, 0.4) is 0 Å².